The van der Waals surface area contributed by atoms with Gasteiger partial charge in [-0.25, -0.2) is 0 Å². The predicted molar refractivity (Wildman–Crippen MR) is 347 cm³/mol. The first-order valence-electron chi connectivity index (χ1n) is 29.7. The van der Waals surface area contributed by atoms with Crippen LogP contribution in [0.5, 0.6) is 11.5 Å². The van der Waals surface area contributed by atoms with Gasteiger partial charge in [0.15, 0.2) is 0 Å². The SMILES string of the molecule is c1ccc(C2(c3ccccc3)c3ccccc3-c3c(N(c4ccc5c(c4)C4(c6ccccc6-c6ccccc64)c4ccccc4-5)c4ccc5c(c4)C4(c6ccccc6-5)c5ccc6ccccc6c5Oc5c4ccc4ccccc54)cccc32)cc1. The lowest BCUT2D eigenvalue weighted by Crippen LogP contribution is -2.32. The molecule has 4 aliphatic carbocycles. The third kappa shape index (κ3) is 5.83. The molecule has 0 fully saturated rings. The zero-order valence-electron chi connectivity index (χ0n) is 46.3. The summed E-state index contributed by atoms with van der Waals surface area (Å²) < 4.78 is 7.47. The minimum atomic E-state index is -0.757. The average molecular weight is 1080 g/mol. The summed E-state index contributed by atoms with van der Waals surface area (Å²) in [5.74, 6) is 1.81. The van der Waals surface area contributed by atoms with E-state index in [2.05, 4.69) is 314 Å². The number of hydrogen-bond acceptors (Lipinski definition) is 2. The van der Waals surface area contributed by atoms with Crippen molar-refractivity contribution in [1.29, 1.82) is 0 Å². The van der Waals surface area contributed by atoms with E-state index in [1.54, 1.807) is 0 Å². The smallest absolute Gasteiger partial charge is 0.140 e. The van der Waals surface area contributed by atoms with Gasteiger partial charge in [-0.3, -0.25) is 0 Å². The number of benzene rings is 14. The van der Waals surface area contributed by atoms with Crippen molar-refractivity contribution in [3.05, 3.63) is 376 Å². The molecule has 2 spiro atoms. The molecule has 0 saturated carbocycles. The van der Waals surface area contributed by atoms with Crippen molar-refractivity contribution in [2.24, 2.45) is 0 Å². The Morgan fingerprint density at radius 3 is 1.07 bits per heavy atom. The lowest BCUT2D eigenvalue weighted by molar-refractivity contribution is 0.447. The number of anilines is 3. The first-order chi connectivity index (χ1) is 42.2. The fourth-order valence-electron chi connectivity index (χ4n) is 16.8. The quantitative estimate of drug-likeness (QED) is 0.170. The third-order valence-electron chi connectivity index (χ3n) is 20.0. The van der Waals surface area contributed by atoms with E-state index < -0.39 is 16.2 Å². The number of rotatable bonds is 5. The fourth-order valence-corrected chi connectivity index (χ4v) is 16.8. The second kappa shape index (κ2) is 17.1. The molecule has 0 atom stereocenters. The molecule has 0 radical (unpaired) electrons. The molecule has 1 heterocycles. The van der Waals surface area contributed by atoms with Gasteiger partial charge in [0.2, 0.25) is 0 Å². The Hall–Kier alpha value is -10.8. The minimum absolute atomic E-state index is 0.549. The van der Waals surface area contributed by atoms with E-state index in [-0.39, 0.29) is 0 Å². The van der Waals surface area contributed by atoms with Gasteiger partial charge in [0.25, 0.3) is 0 Å². The van der Waals surface area contributed by atoms with Crippen LogP contribution < -0.4 is 9.64 Å². The maximum atomic E-state index is 7.47. The molecule has 0 N–H and O–H groups in total. The molecule has 85 heavy (non-hydrogen) atoms. The van der Waals surface area contributed by atoms with Gasteiger partial charge in [0.1, 0.15) is 11.5 Å². The summed E-state index contributed by atoms with van der Waals surface area (Å²) in [5, 5.41) is 4.50. The van der Waals surface area contributed by atoms with Crippen LogP contribution in [0.2, 0.25) is 0 Å². The highest BCUT2D eigenvalue weighted by molar-refractivity contribution is 6.03. The zero-order valence-corrected chi connectivity index (χ0v) is 46.3. The van der Waals surface area contributed by atoms with Gasteiger partial charge in [-0.15, -0.1) is 0 Å². The highest BCUT2D eigenvalue weighted by atomic mass is 16.5. The third-order valence-corrected chi connectivity index (χ3v) is 20.0. The molecule has 0 aromatic heterocycles. The van der Waals surface area contributed by atoms with Crippen LogP contribution in [-0.4, -0.2) is 0 Å². The number of nitrogens with zero attached hydrogens (tertiary/aromatic N) is 1. The summed E-state index contributed by atoms with van der Waals surface area (Å²) in [7, 11) is 0. The molecule has 0 saturated heterocycles. The number of fused-ring (bicyclic) bond motifs is 26. The summed E-state index contributed by atoms with van der Waals surface area (Å²) in [5.41, 5.74) is 26.4. The molecule has 2 nitrogen and oxygen atoms in total. The van der Waals surface area contributed by atoms with Gasteiger partial charge < -0.3 is 9.64 Å². The Bertz CT molecular complexity index is 5000. The summed E-state index contributed by atoms with van der Waals surface area (Å²) >= 11 is 0. The maximum Gasteiger partial charge on any atom is 0.140 e. The Morgan fingerprint density at radius 2 is 0.600 bits per heavy atom. The van der Waals surface area contributed by atoms with Crippen molar-refractivity contribution in [2.75, 3.05) is 4.90 Å². The second-order valence-corrected chi connectivity index (χ2v) is 23.6. The van der Waals surface area contributed by atoms with E-state index >= 15 is 0 Å². The Kier molecular flexibility index (Phi) is 9.43. The number of ether oxygens (including phenoxy) is 1. The molecule has 2 heteroatoms. The number of hydrogen-bond donors (Lipinski definition) is 0. The maximum absolute atomic E-state index is 7.47. The Morgan fingerprint density at radius 1 is 0.235 bits per heavy atom. The van der Waals surface area contributed by atoms with Crippen molar-refractivity contribution >= 4 is 38.6 Å². The van der Waals surface area contributed by atoms with Crippen molar-refractivity contribution in [3.8, 4) is 56.0 Å². The fraction of sp³-hybridized carbons (Fsp3) is 0.0361. The van der Waals surface area contributed by atoms with Crippen LogP contribution in [0.3, 0.4) is 0 Å². The molecule has 5 aliphatic rings. The largest absolute Gasteiger partial charge is 0.455 e. The van der Waals surface area contributed by atoms with Gasteiger partial charge >= 0.3 is 0 Å². The molecule has 0 bridgehead atoms. The summed E-state index contributed by atoms with van der Waals surface area (Å²) in [4.78, 5) is 2.62. The molecule has 14 aromatic rings. The lowest BCUT2D eigenvalue weighted by Gasteiger charge is -2.40. The molecule has 0 unspecified atom stereocenters. The lowest BCUT2D eigenvalue weighted by atomic mass is 9.65. The first kappa shape index (κ1) is 46.8. The van der Waals surface area contributed by atoms with Crippen molar-refractivity contribution in [2.45, 2.75) is 16.2 Å². The van der Waals surface area contributed by atoms with E-state index in [4.69, 9.17) is 4.74 Å². The van der Waals surface area contributed by atoms with Gasteiger partial charge in [-0.1, -0.05) is 279 Å². The standard InChI is InChI=1S/C83H51NO/c1-3-24-54(25-4-1)81(55-26-5-2-6-27-55)71-39-20-15-34-66(71)78-72(81)40-21-41-77(78)84(56-44-46-64-62-32-13-18-37-69(62)82(75(64)50-56)67-35-16-11-30-60(67)61-31-12-17-36-68(61)82)57-45-47-65-63-33-14-19-38-70(63)83(76(65)51-57)73-48-42-52-22-7-9-28-58(52)79(73)85-80-59-29-10-8-23-53(59)43-49-74(80)83/h1-51H. The van der Waals surface area contributed by atoms with Crippen molar-refractivity contribution in [3.63, 3.8) is 0 Å². The van der Waals surface area contributed by atoms with Crippen LogP contribution in [-0.2, 0) is 16.2 Å². The van der Waals surface area contributed by atoms with Crippen LogP contribution in [0.1, 0.15) is 66.8 Å². The first-order valence-corrected chi connectivity index (χ1v) is 29.7. The summed E-state index contributed by atoms with van der Waals surface area (Å²) in [6.07, 6.45) is 0. The summed E-state index contributed by atoms with van der Waals surface area (Å²) in [6.45, 7) is 0. The molecular formula is C83H51NO. The molecule has 394 valence electrons. The van der Waals surface area contributed by atoms with Gasteiger partial charge in [0.05, 0.1) is 21.9 Å². The van der Waals surface area contributed by atoms with Crippen LogP contribution in [0.15, 0.2) is 309 Å². The van der Waals surface area contributed by atoms with Gasteiger partial charge in [0, 0.05) is 38.8 Å². The van der Waals surface area contributed by atoms with Crippen molar-refractivity contribution < 1.29 is 4.74 Å². The van der Waals surface area contributed by atoms with E-state index in [1.165, 1.54) is 100 Å². The van der Waals surface area contributed by atoms with Gasteiger partial charge in [-0.2, -0.15) is 0 Å². The second-order valence-electron chi connectivity index (χ2n) is 23.6. The molecule has 19 rings (SSSR count). The Balaban J connectivity index is 0.940. The molecule has 1 aliphatic heterocycles. The van der Waals surface area contributed by atoms with E-state index in [0.29, 0.717) is 0 Å². The van der Waals surface area contributed by atoms with Gasteiger partial charge in [-0.05, 0) is 136 Å². The summed E-state index contributed by atoms with van der Waals surface area (Å²) in [6, 6.07) is 117. The van der Waals surface area contributed by atoms with Crippen LogP contribution in [0.4, 0.5) is 17.1 Å². The minimum Gasteiger partial charge on any atom is -0.455 e. The van der Waals surface area contributed by atoms with E-state index in [0.717, 1.165) is 61.2 Å². The monoisotopic (exact) mass is 1080 g/mol. The van der Waals surface area contributed by atoms with Crippen LogP contribution in [0, 0.1) is 0 Å². The molecule has 0 amide bonds. The average Bonchev–Trinajstić information content (AvgIpc) is 1.70. The molecular weight excluding hydrogens is 1030 g/mol. The predicted octanol–water partition coefficient (Wildman–Crippen LogP) is 20.6. The van der Waals surface area contributed by atoms with Crippen LogP contribution in [0.25, 0.3) is 66.1 Å². The zero-order chi connectivity index (χ0) is 55.6. The van der Waals surface area contributed by atoms with E-state index in [9.17, 15) is 0 Å². The highest BCUT2D eigenvalue weighted by Gasteiger charge is 2.55. The highest BCUT2D eigenvalue weighted by Crippen LogP contribution is 2.67. The van der Waals surface area contributed by atoms with Crippen molar-refractivity contribution in [1.82, 2.24) is 0 Å². The Labute approximate surface area is 493 Å². The van der Waals surface area contributed by atoms with Crippen LogP contribution >= 0.6 is 0 Å². The topological polar surface area (TPSA) is 12.5 Å². The van der Waals surface area contributed by atoms with E-state index in [1.807, 2.05) is 0 Å². The molecule has 14 aromatic carbocycles. The normalized spacial score (nSPS) is 14.7.